The van der Waals surface area contributed by atoms with E-state index in [1.54, 1.807) is 13.8 Å². The van der Waals surface area contributed by atoms with Crippen LogP contribution in [0.3, 0.4) is 0 Å². The van der Waals surface area contributed by atoms with Crippen molar-refractivity contribution in [2.75, 3.05) is 0 Å². The standard InChI is InChI=1S/C5H8OS/c1-4(3-6)5(2)7/h3,6H,1-2H3/b4-3+. The minimum Gasteiger partial charge on any atom is -0.515 e. The molecule has 1 nitrogen and oxygen atoms in total. The first-order chi connectivity index (χ1) is 3.18. The van der Waals surface area contributed by atoms with Crippen LogP contribution < -0.4 is 0 Å². The highest BCUT2D eigenvalue weighted by atomic mass is 32.1. The van der Waals surface area contributed by atoms with Crippen molar-refractivity contribution in [1.29, 1.82) is 0 Å². The smallest absolute Gasteiger partial charge is 0.0831 e. The predicted molar refractivity (Wildman–Crippen MR) is 34.7 cm³/mol. The number of aliphatic hydroxyl groups is 1. The number of hydrogen-bond donors (Lipinski definition) is 1. The normalized spacial score (nSPS) is 11.4. The fraction of sp³-hybridized carbons (Fsp3) is 0.400. The molecule has 0 rings (SSSR count). The first-order valence-corrected chi connectivity index (χ1v) is 2.41. The van der Waals surface area contributed by atoms with Crippen LogP contribution in [0, 0.1) is 0 Å². The van der Waals surface area contributed by atoms with E-state index in [2.05, 4.69) is 12.2 Å². The second kappa shape index (κ2) is 2.75. The van der Waals surface area contributed by atoms with Gasteiger partial charge >= 0.3 is 0 Å². The maximum absolute atomic E-state index is 8.26. The second-order valence-electron chi connectivity index (χ2n) is 1.37. The predicted octanol–water partition coefficient (Wildman–Crippen LogP) is 1.84. The Labute approximate surface area is 48.7 Å². The van der Waals surface area contributed by atoms with Gasteiger partial charge in [-0.3, -0.25) is 0 Å². The Morgan fingerprint density at radius 2 is 2.00 bits per heavy atom. The van der Waals surface area contributed by atoms with E-state index in [1.807, 2.05) is 0 Å². The van der Waals surface area contributed by atoms with Gasteiger partial charge in [-0.25, -0.2) is 0 Å². The third kappa shape index (κ3) is 2.34. The van der Waals surface area contributed by atoms with Crippen LogP contribution in [0.2, 0.25) is 0 Å². The minimum absolute atomic E-state index is 0.738. The first kappa shape index (κ1) is 6.63. The molecular formula is C5H8OS. The zero-order valence-electron chi connectivity index (χ0n) is 4.43. The van der Waals surface area contributed by atoms with E-state index in [0.29, 0.717) is 0 Å². The molecule has 0 aliphatic heterocycles. The zero-order chi connectivity index (χ0) is 5.86. The summed E-state index contributed by atoms with van der Waals surface area (Å²) in [7, 11) is 0. The molecule has 40 valence electrons. The van der Waals surface area contributed by atoms with E-state index in [9.17, 15) is 0 Å². The monoisotopic (exact) mass is 116 g/mol. The molecule has 0 heterocycles. The van der Waals surface area contributed by atoms with Gasteiger partial charge in [0.25, 0.3) is 0 Å². The van der Waals surface area contributed by atoms with Crippen LogP contribution in [0.4, 0.5) is 0 Å². The molecule has 0 amide bonds. The lowest BCUT2D eigenvalue weighted by atomic mass is 10.3. The van der Waals surface area contributed by atoms with Gasteiger partial charge in [0.15, 0.2) is 0 Å². The highest BCUT2D eigenvalue weighted by Crippen LogP contribution is 1.92. The number of rotatable bonds is 1. The lowest BCUT2D eigenvalue weighted by Crippen LogP contribution is -1.85. The van der Waals surface area contributed by atoms with Gasteiger partial charge < -0.3 is 5.11 Å². The summed E-state index contributed by atoms with van der Waals surface area (Å²) in [5.41, 5.74) is 0.759. The van der Waals surface area contributed by atoms with Crippen molar-refractivity contribution in [2.45, 2.75) is 13.8 Å². The average molecular weight is 116 g/mol. The highest BCUT2D eigenvalue weighted by molar-refractivity contribution is 7.80. The van der Waals surface area contributed by atoms with E-state index in [1.165, 1.54) is 0 Å². The highest BCUT2D eigenvalue weighted by Gasteiger charge is 1.86. The van der Waals surface area contributed by atoms with Crippen molar-refractivity contribution in [3.8, 4) is 0 Å². The molecule has 0 spiro atoms. The molecule has 0 unspecified atom stereocenters. The Morgan fingerprint density at radius 3 is 2.00 bits per heavy atom. The van der Waals surface area contributed by atoms with Crippen molar-refractivity contribution in [2.24, 2.45) is 0 Å². The van der Waals surface area contributed by atoms with Crippen LogP contribution in [-0.2, 0) is 0 Å². The summed E-state index contributed by atoms with van der Waals surface area (Å²) in [6, 6.07) is 0. The molecule has 0 aromatic rings. The third-order valence-corrected chi connectivity index (χ3v) is 1.07. The summed E-state index contributed by atoms with van der Waals surface area (Å²) in [5, 5.41) is 8.26. The fourth-order valence-corrected chi connectivity index (χ4v) is 0.144. The lowest BCUT2D eigenvalue weighted by Gasteiger charge is -1.88. The second-order valence-corrected chi connectivity index (χ2v) is 1.98. The lowest BCUT2D eigenvalue weighted by molar-refractivity contribution is 0.470. The van der Waals surface area contributed by atoms with Gasteiger partial charge in [-0.15, -0.1) is 0 Å². The van der Waals surface area contributed by atoms with Gasteiger partial charge in [-0.1, -0.05) is 12.2 Å². The molecule has 0 saturated heterocycles. The van der Waals surface area contributed by atoms with E-state index < -0.39 is 0 Å². The summed E-state index contributed by atoms with van der Waals surface area (Å²) in [6.45, 7) is 3.54. The van der Waals surface area contributed by atoms with Crippen molar-refractivity contribution in [3.05, 3.63) is 11.8 Å². The zero-order valence-corrected chi connectivity index (χ0v) is 5.25. The van der Waals surface area contributed by atoms with Crippen LogP contribution >= 0.6 is 12.2 Å². The molecule has 0 fully saturated rings. The quantitative estimate of drug-likeness (QED) is 0.320. The summed E-state index contributed by atoms with van der Waals surface area (Å²) in [4.78, 5) is 0.738. The summed E-state index contributed by atoms with van der Waals surface area (Å²) < 4.78 is 0. The maximum atomic E-state index is 8.26. The summed E-state index contributed by atoms with van der Waals surface area (Å²) >= 11 is 4.69. The SMILES string of the molecule is CC(=S)/C(C)=C/O. The molecular weight excluding hydrogens is 108 g/mol. The Kier molecular flexibility index (Phi) is 2.60. The summed E-state index contributed by atoms with van der Waals surface area (Å²) in [5.74, 6) is 0. The molecule has 7 heavy (non-hydrogen) atoms. The van der Waals surface area contributed by atoms with Crippen LogP contribution in [0.5, 0.6) is 0 Å². The van der Waals surface area contributed by atoms with Crippen molar-refractivity contribution in [3.63, 3.8) is 0 Å². The maximum Gasteiger partial charge on any atom is 0.0831 e. The molecule has 2 heteroatoms. The molecule has 0 bridgehead atoms. The third-order valence-electron chi connectivity index (χ3n) is 0.749. The molecule has 0 aromatic carbocycles. The minimum atomic E-state index is 0.738. The van der Waals surface area contributed by atoms with E-state index >= 15 is 0 Å². The Morgan fingerprint density at radius 1 is 1.57 bits per heavy atom. The van der Waals surface area contributed by atoms with Gasteiger partial charge in [0.1, 0.15) is 0 Å². The topological polar surface area (TPSA) is 20.2 Å². The number of aliphatic hydroxyl groups excluding tert-OH is 1. The van der Waals surface area contributed by atoms with Gasteiger partial charge in [-0.05, 0) is 19.4 Å². The summed E-state index contributed by atoms with van der Waals surface area (Å²) in [6.07, 6.45) is 1.02. The molecule has 0 aliphatic carbocycles. The molecule has 1 N–H and O–H groups in total. The van der Waals surface area contributed by atoms with Crippen LogP contribution in [0.25, 0.3) is 0 Å². The Hall–Kier alpha value is -0.370. The van der Waals surface area contributed by atoms with Crippen LogP contribution in [0.15, 0.2) is 11.8 Å². The number of allylic oxidation sites excluding steroid dienone is 1. The van der Waals surface area contributed by atoms with Crippen molar-refractivity contribution in [1.82, 2.24) is 0 Å². The van der Waals surface area contributed by atoms with Crippen LogP contribution in [0.1, 0.15) is 13.8 Å². The van der Waals surface area contributed by atoms with E-state index in [4.69, 9.17) is 5.11 Å². The Balaban J connectivity index is 3.82. The van der Waals surface area contributed by atoms with Gasteiger partial charge in [0, 0.05) is 4.86 Å². The van der Waals surface area contributed by atoms with Gasteiger partial charge in [0.05, 0.1) is 6.26 Å². The Bertz CT molecular complexity index is 105. The van der Waals surface area contributed by atoms with Crippen molar-refractivity contribution < 1.29 is 5.11 Å². The molecule has 0 atom stereocenters. The number of thiocarbonyl (C=S) groups is 1. The molecule has 0 radical (unpaired) electrons. The van der Waals surface area contributed by atoms with Gasteiger partial charge in [-0.2, -0.15) is 0 Å². The number of hydrogen-bond acceptors (Lipinski definition) is 2. The first-order valence-electron chi connectivity index (χ1n) is 2.00. The fourth-order valence-electron chi connectivity index (χ4n) is 0.0909. The molecule has 0 aromatic heterocycles. The molecule has 0 aliphatic rings. The van der Waals surface area contributed by atoms with Crippen LogP contribution in [-0.4, -0.2) is 9.97 Å². The van der Waals surface area contributed by atoms with Gasteiger partial charge in [0.2, 0.25) is 0 Å². The average Bonchev–Trinajstić information content (AvgIpc) is 1.65. The van der Waals surface area contributed by atoms with E-state index in [0.717, 1.165) is 16.7 Å². The molecule has 0 saturated carbocycles. The van der Waals surface area contributed by atoms with Crippen molar-refractivity contribution >= 4 is 17.1 Å². The largest absolute Gasteiger partial charge is 0.515 e. The van der Waals surface area contributed by atoms with E-state index in [-0.39, 0.29) is 0 Å².